The van der Waals surface area contributed by atoms with Crippen molar-refractivity contribution in [3.05, 3.63) is 77.8 Å². The lowest BCUT2D eigenvalue weighted by Crippen LogP contribution is -2.48. The summed E-state index contributed by atoms with van der Waals surface area (Å²) in [6, 6.07) is 12.4. The second-order valence-electron chi connectivity index (χ2n) is 10.4. The minimum Gasteiger partial charge on any atom is -0.330 e. The summed E-state index contributed by atoms with van der Waals surface area (Å²) in [7, 11) is 0. The van der Waals surface area contributed by atoms with Crippen LogP contribution in [-0.2, 0) is 11.4 Å². The second kappa shape index (κ2) is 11.4. The lowest BCUT2D eigenvalue weighted by atomic mass is 9.84. The summed E-state index contributed by atoms with van der Waals surface area (Å²) in [5, 5.41) is 1.40. The van der Waals surface area contributed by atoms with Crippen LogP contribution in [0.4, 0.5) is 13.6 Å². The van der Waals surface area contributed by atoms with Gasteiger partial charge in [0.15, 0.2) is 0 Å². The maximum absolute atomic E-state index is 14.8. The minimum atomic E-state index is -0.564. The van der Waals surface area contributed by atoms with Crippen molar-refractivity contribution in [1.82, 2.24) is 19.5 Å². The Hall–Kier alpha value is -3.30. The van der Waals surface area contributed by atoms with E-state index < -0.39 is 23.1 Å². The molecule has 2 heterocycles. The highest BCUT2D eigenvalue weighted by atomic mass is 19.1. The van der Waals surface area contributed by atoms with Gasteiger partial charge in [-0.25, -0.2) is 23.6 Å². The van der Waals surface area contributed by atoms with Crippen molar-refractivity contribution in [3.63, 3.8) is 0 Å². The Morgan fingerprint density at radius 2 is 1.95 bits per heavy atom. The molecule has 4 rings (SSSR count). The normalized spacial score (nSPS) is 14.7. The Bertz CT molecular complexity index is 1200. The lowest BCUT2D eigenvalue weighted by molar-refractivity contribution is -0.0845. The third-order valence-electron chi connectivity index (χ3n) is 6.40. The summed E-state index contributed by atoms with van der Waals surface area (Å²) in [6.45, 7) is 8.37. The fourth-order valence-corrected chi connectivity index (χ4v) is 4.71. The van der Waals surface area contributed by atoms with E-state index in [0.29, 0.717) is 50.7 Å². The van der Waals surface area contributed by atoms with Gasteiger partial charge in [-0.2, -0.15) is 0 Å². The number of benzene rings is 2. The molecule has 7 nitrogen and oxygen atoms in total. The number of nitrogens with zero attached hydrogens (tertiary/aromatic N) is 4. The number of hydrogen-bond donors (Lipinski definition) is 1. The van der Waals surface area contributed by atoms with E-state index in [2.05, 4.69) is 0 Å². The van der Waals surface area contributed by atoms with Crippen molar-refractivity contribution in [2.75, 3.05) is 26.2 Å². The maximum atomic E-state index is 14.8. The van der Waals surface area contributed by atoms with Crippen molar-refractivity contribution < 1.29 is 18.4 Å². The van der Waals surface area contributed by atoms with Gasteiger partial charge in [-0.3, -0.25) is 4.84 Å². The van der Waals surface area contributed by atoms with E-state index >= 15 is 0 Å². The first-order valence-electron chi connectivity index (χ1n) is 12.7. The first-order chi connectivity index (χ1) is 17.7. The van der Waals surface area contributed by atoms with E-state index in [-0.39, 0.29) is 11.6 Å². The first-order valence-corrected chi connectivity index (χ1v) is 12.7. The zero-order chi connectivity index (χ0) is 26.6. The Kier molecular flexibility index (Phi) is 8.24. The highest BCUT2D eigenvalue weighted by molar-refractivity contribution is 5.74. The molecule has 1 aromatic heterocycles. The Balaban J connectivity index is 1.86. The van der Waals surface area contributed by atoms with Crippen LogP contribution < -0.4 is 5.73 Å². The van der Waals surface area contributed by atoms with E-state index in [9.17, 15) is 13.6 Å². The molecule has 1 saturated heterocycles. The topological polar surface area (TPSA) is 76.6 Å². The fourth-order valence-electron chi connectivity index (χ4n) is 4.71. The van der Waals surface area contributed by atoms with E-state index in [1.165, 1.54) is 5.06 Å². The molecule has 0 unspecified atom stereocenters. The monoisotopic (exact) mass is 511 g/mol. The number of imidazole rings is 1. The summed E-state index contributed by atoms with van der Waals surface area (Å²) >= 11 is 0. The van der Waals surface area contributed by atoms with Crippen LogP contribution in [0.5, 0.6) is 0 Å². The molecular formula is C28H35F2N5O2. The predicted octanol–water partition coefficient (Wildman–Crippen LogP) is 5.37. The van der Waals surface area contributed by atoms with Gasteiger partial charge in [0.2, 0.25) is 0 Å². The van der Waals surface area contributed by atoms with Crippen LogP contribution in [0, 0.1) is 17.0 Å². The van der Waals surface area contributed by atoms with Gasteiger partial charge in [-0.15, -0.1) is 0 Å². The van der Waals surface area contributed by atoms with Gasteiger partial charge in [0.1, 0.15) is 17.5 Å². The molecular weight excluding hydrogens is 476 g/mol. The number of hydrogen-bond acceptors (Lipinski definition) is 4. The largest absolute Gasteiger partial charge is 0.344 e. The van der Waals surface area contributed by atoms with Crippen molar-refractivity contribution >= 4 is 6.03 Å². The van der Waals surface area contributed by atoms with Gasteiger partial charge in [-0.1, -0.05) is 51.1 Å². The molecule has 3 aromatic rings. The van der Waals surface area contributed by atoms with Gasteiger partial charge >= 0.3 is 6.03 Å². The summed E-state index contributed by atoms with van der Waals surface area (Å²) in [5.41, 5.74) is 6.78. The molecule has 0 bridgehead atoms. The van der Waals surface area contributed by atoms with Crippen molar-refractivity contribution in [1.29, 1.82) is 0 Å². The molecule has 0 aliphatic carbocycles. The highest BCUT2D eigenvalue weighted by Gasteiger charge is 2.40. The molecule has 2 aromatic carbocycles. The number of aromatic nitrogens is 2. The number of urea groups is 1. The molecule has 1 aliphatic rings. The Labute approximate surface area is 216 Å². The molecule has 0 saturated carbocycles. The van der Waals surface area contributed by atoms with Crippen molar-refractivity contribution in [3.8, 4) is 11.3 Å². The smallest absolute Gasteiger partial charge is 0.330 e. The van der Waals surface area contributed by atoms with E-state index in [4.69, 9.17) is 15.6 Å². The molecule has 198 valence electrons. The zero-order valence-corrected chi connectivity index (χ0v) is 21.7. The average Bonchev–Trinajstić information content (AvgIpc) is 3.53. The van der Waals surface area contributed by atoms with Gasteiger partial charge in [0.25, 0.3) is 0 Å². The second-order valence-corrected chi connectivity index (χ2v) is 10.4. The SMILES string of the molecule is CC(C)(C)[C@H](c1nc(-c2cc(F)ccc2F)cn1Cc1ccccc1)N(CCCN)C(=O)N1CCCO1. The molecule has 1 atom stereocenters. The molecule has 2 amide bonds. The number of carbonyl (C=O) groups excluding carboxylic acids is 1. The number of halogens is 2. The Morgan fingerprint density at radius 1 is 1.19 bits per heavy atom. The zero-order valence-electron chi connectivity index (χ0n) is 21.7. The van der Waals surface area contributed by atoms with Gasteiger partial charge in [0.05, 0.1) is 24.9 Å². The van der Waals surface area contributed by atoms with Crippen LogP contribution in [-0.4, -0.2) is 51.8 Å². The number of amides is 2. The van der Waals surface area contributed by atoms with Crippen molar-refractivity contribution in [2.24, 2.45) is 11.1 Å². The van der Waals surface area contributed by atoms with E-state index in [1.54, 1.807) is 11.1 Å². The predicted molar refractivity (Wildman–Crippen MR) is 138 cm³/mol. The molecule has 1 fully saturated rings. The number of carbonyl (C=O) groups is 1. The van der Waals surface area contributed by atoms with Crippen LogP contribution in [0.2, 0.25) is 0 Å². The van der Waals surface area contributed by atoms with Gasteiger partial charge in [0, 0.05) is 24.8 Å². The molecule has 9 heteroatoms. The summed E-state index contributed by atoms with van der Waals surface area (Å²) in [4.78, 5) is 25.9. The standard InChI is InChI=1S/C28H35F2N5O2/c1-28(2,3)25(34(14-7-13-31)27(36)35-15-8-16-37-35)26-32-24(22-17-21(29)11-12-23(22)30)19-33(26)18-20-9-5-4-6-10-20/h4-6,9-12,17,19,25H,7-8,13-16,18,31H2,1-3H3/t25-/m0/s1. The van der Waals surface area contributed by atoms with Crippen LogP contribution >= 0.6 is 0 Å². The Morgan fingerprint density at radius 3 is 2.59 bits per heavy atom. The number of hydroxylamine groups is 2. The third-order valence-corrected chi connectivity index (χ3v) is 6.40. The highest BCUT2D eigenvalue weighted by Crippen LogP contribution is 2.40. The summed E-state index contributed by atoms with van der Waals surface area (Å²) < 4.78 is 30.8. The van der Waals surface area contributed by atoms with Crippen LogP contribution in [0.1, 0.15) is 51.0 Å². The lowest BCUT2D eigenvalue weighted by Gasteiger charge is -2.41. The van der Waals surface area contributed by atoms with Crippen LogP contribution in [0.15, 0.2) is 54.7 Å². The van der Waals surface area contributed by atoms with E-state index in [1.807, 2.05) is 55.7 Å². The molecule has 0 radical (unpaired) electrons. The van der Waals surface area contributed by atoms with Gasteiger partial charge < -0.3 is 15.2 Å². The number of rotatable bonds is 8. The van der Waals surface area contributed by atoms with Crippen LogP contribution in [0.3, 0.4) is 0 Å². The van der Waals surface area contributed by atoms with Gasteiger partial charge in [-0.05, 0) is 48.6 Å². The molecule has 0 spiro atoms. The average molecular weight is 512 g/mol. The van der Waals surface area contributed by atoms with Crippen molar-refractivity contribution in [2.45, 2.75) is 46.2 Å². The minimum absolute atomic E-state index is 0.0726. The molecule has 2 N–H and O–H groups in total. The first kappa shape index (κ1) is 26.8. The number of nitrogens with two attached hydrogens (primary N) is 1. The third kappa shape index (κ3) is 6.17. The summed E-state index contributed by atoms with van der Waals surface area (Å²) in [6.07, 6.45) is 3.09. The van der Waals surface area contributed by atoms with E-state index in [0.717, 1.165) is 30.2 Å². The molecule has 37 heavy (non-hydrogen) atoms. The fraction of sp³-hybridized carbons (Fsp3) is 0.429. The van der Waals surface area contributed by atoms with Crippen LogP contribution in [0.25, 0.3) is 11.3 Å². The maximum Gasteiger partial charge on any atom is 0.344 e. The quantitative estimate of drug-likeness (QED) is 0.441. The molecule has 1 aliphatic heterocycles. The summed E-state index contributed by atoms with van der Waals surface area (Å²) in [5.74, 6) is -0.528.